The maximum absolute atomic E-state index is 2.90. The molecule has 0 saturated heterocycles. The topological polar surface area (TPSA) is 0 Å². The second-order valence-corrected chi connectivity index (χ2v) is 38.3. The minimum atomic E-state index is -1.26. The summed E-state index contributed by atoms with van der Waals surface area (Å²) in [7, 11) is -2.40. The van der Waals surface area contributed by atoms with Crippen molar-refractivity contribution in [2.45, 2.75) is 109 Å². The van der Waals surface area contributed by atoms with Gasteiger partial charge in [-0.25, -0.2) is 0 Å². The van der Waals surface area contributed by atoms with E-state index in [1.54, 1.807) is 69.9 Å². The molecule has 50 heavy (non-hydrogen) atoms. The molecule has 16 fully saturated rings. The molecule has 31 atom stereocenters. The lowest BCUT2D eigenvalue weighted by molar-refractivity contribution is -0.189. The van der Waals surface area contributed by atoms with Crippen molar-refractivity contribution in [3.05, 3.63) is 0 Å². The molecule has 0 aliphatic heterocycles. The zero-order valence-corrected chi connectivity index (χ0v) is 34.6. The first-order valence-electron chi connectivity index (χ1n) is 24.1. The Bertz CT molecular complexity index is 1630. The average molecular weight is 703 g/mol. The first-order chi connectivity index (χ1) is 24.1. The van der Waals surface area contributed by atoms with Gasteiger partial charge in [0.25, 0.3) is 0 Å². The van der Waals surface area contributed by atoms with Crippen LogP contribution in [0.3, 0.4) is 0 Å². The van der Waals surface area contributed by atoms with E-state index >= 15 is 0 Å². The summed E-state index contributed by atoms with van der Waals surface area (Å²) >= 11 is 0. The predicted octanol–water partition coefficient (Wildman–Crippen LogP) is 10.9. The van der Waals surface area contributed by atoms with Crippen LogP contribution in [0.1, 0.15) is 57.8 Å². The molecule has 16 rings (SSSR count). The lowest BCUT2D eigenvalue weighted by Gasteiger charge is -2.68. The van der Waals surface area contributed by atoms with Crippen molar-refractivity contribution in [3.63, 3.8) is 0 Å². The van der Waals surface area contributed by atoms with E-state index < -0.39 is 16.1 Å². The van der Waals surface area contributed by atoms with E-state index in [1.807, 2.05) is 0 Å². The highest BCUT2D eigenvalue weighted by Gasteiger charge is 2.91. The molecule has 0 aromatic carbocycles. The average Bonchev–Trinajstić information content (AvgIpc) is 3.87. The van der Waals surface area contributed by atoms with E-state index in [0.717, 1.165) is 11.3 Å². The normalized spacial score (nSPS) is 75.7. The van der Waals surface area contributed by atoms with Gasteiger partial charge < -0.3 is 0 Å². The van der Waals surface area contributed by atoms with Crippen LogP contribution in [0.25, 0.3) is 0 Å². The quantitative estimate of drug-likeness (QED) is 0.256. The van der Waals surface area contributed by atoms with Crippen LogP contribution in [0.4, 0.5) is 0 Å². The van der Waals surface area contributed by atoms with Crippen LogP contribution in [0.15, 0.2) is 0 Å². The lowest BCUT2D eigenvalue weighted by Crippen LogP contribution is -2.64. The van der Waals surface area contributed by atoms with Gasteiger partial charge in [0.15, 0.2) is 0 Å². The van der Waals surface area contributed by atoms with Crippen molar-refractivity contribution in [1.29, 1.82) is 0 Å². The Morgan fingerprint density at radius 3 is 1.22 bits per heavy atom. The second kappa shape index (κ2) is 8.13. The Kier molecular flexibility index (Phi) is 4.68. The van der Waals surface area contributed by atoms with E-state index in [1.165, 1.54) is 172 Å². The van der Waals surface area contributed by atoms with Crippen molar-refractivity contribution in [2.24, 2.45) is 183 Å². The summed E-state index contributed by atoms with van der Waals surface area (Å²) in [5.74, 6) is 36.6. The van der Waals surface area contributed by atoms with Crippen LogP contribution in [-0.4, -0.2) is 16.1 Å². The molecule has 0 aromatic rings. The van der Waals surface area contributed by atoms with Crippen LogP contribution >= 0.6 is 0 Å². The minimum absolute atomic E-state index is 0.804. The Hall–Kier alpha value is 0.434. The van der Waals surface area contributed by atoms with Gasteiger partial charge in [-0.15, -0.1) is 0 Å². The van der Waals surface area contributed by atoms with Crippen LogP contribution < -0.4 is 0 Å². The van der Waals surface area contributed by atoms with E-state index in [9.17, 15) is 0 Å². The van der Waals surface area contributed by atoms with E-state index in [4.69, 9.17) is 0 Å². The maximum Gasteiger partial charge on any atom is 0.0448 e. The van der Waals surface area contributed by atoms with Crippen molar-refractivity contribution >= 4 is 16.1 Å². The summed E-state index contributed by atoms with van der Waals surface area (Å²) in [6.07, 6.45) is 15.5. The lowest BCUT2D eigenvalue weighted by atomic mass is 9.39. The summed E-state index contributed by atoms with van der Waals surface area (Å²) in [4.78, 5) is 0. The zero-order valence-electron chi connectivity index (χ0n) is 32.6. The first-order valence-corrected chi connectivity index (χ1v) is 31.5. The SMILES string of the molecule is C[Si](C)(C)CC1CC2C3CCC4C5CCC6C7CCC8C9CCC%10C%11C9C9C8C7C7C6C5C5C4C3C3C4C5C7C9C4C%11C(C1%10)C23C[Si](C)(C)C. The number of rotatable bonds is 4. The van der Waals surface area contributed by atoms with Gasteiger partial charge in [0.1, 0.15) is 0 Å². The summed E-state index contributed by atoms with van der Waals surface area (Å²) in [6, 6.07) is 3.51. The van der Waals surface area contributed by atoms with Crippen molar-refractivity contribution in [2.75, 3.05) is 0 Å². The summed E-state index contributed by atoms with van der Waals surface area (Å²) in [6.45, 7) is 17.1. The van der Waals surface area contributed by atoms with Crippen LogP contribution in [0, 0.1) is 183 Å². The largest absolute Gasteiger partial charge is 0.0695 e. The van der Waals surface area contributed by atoms with Crippen molar-refractivity contribution in [3.8, 4) is 0 Å². The van der Waals surface area contributed by atoms with Crippen LogP contribution in [-0.2, 0) is 0 Å². The highest BCUT2D eigenvalue weighted by molar-refractivity contribution is 6.76. The highest BCUT2D eigenvalue weighted by Crippen LogP contribution is 2.95. The van der Waals surface area contributed by atoms with Gasteiger partial charge in [0, 0.05) is 16.1 Å². The number of fused-ring (bicyclic) bond motifs is 5. The molecule has 31 unspecified atom stereocenters. The molecule has 0 aromatic heterocycles. The fourth-order valence-electron chi connectivity index (χ4n) is 27.6. The molecule has 16 aliphatic carbocycles. The van der Waals surface area contributed by atoms with Crippen LogP contribution in [0.2, 0.25) is 51.4 Å². The maximum atomic E-state index is 2.90. The van der Waals surface area contributed by atoms with Gasteiger partial charge in [-0.05, 0) is 241 Å². The summed E-state index contributed by atoms with van der Waals surface area (Å²) < 4.78 is 0. The Labute approximate surface area is 307 Å². The third-order valence-corrected chi connectivity index (χ3v) is 28.7. The molecule has 16 aliphatic rings. The molecule has 0 amide bonds. The monoisotopic (exact) mass is 703 g/mol. The van der Waals surface area contributed by atoms with E-state index in [2.05, 4.69) is 39.3 Å². The smallest absolute Gasteiger partial charge is 0.0448 e. The Morgan fingerprint density at radius 1 is 0.360 bits per heavy atom. The predicted molar refractivity (Wildman–Crippen MR) is 205 cm³/mol. The van der Waals surface area contributed by atoms with Gasteiger partial charge in [0.05, 0.1) is 0 Å². The molecule has 0 nitrogen and oxygen atoms in total. The molecule has 0 radical (unpaired) electrons. The van der Waals surface area contributed by atoms with Gasteiger partial charge in [-0.3, -0.25) is 0 Å². The van der Waals surface area contributed by atoms with Gasteiger partial charge in [-0.1, -0.05) is 51.4 Å². The first kappa shape index (κ1) is 28.8. The molecule has 2 heteroatoms. The molecule has 0 spiro atoms. The second-order valence-electron chi connectivity index (χ2n) is 27.3. The number of hydrogen-bond donors (Lipinski definition) is 0. The van der Waals surface area contributed by atoms with Crippen molar-refractivity contribution in [1.82, 2.24) is 0 Å². The van der Waals surface area contributed by atoms with Gasteiger partial charge >= 0.3 is 0 Å². The molecule has 0 bridgehead atoms. The Morgan fingerprint density at radius 2 is 0.720 bits per heavy atom. The fraction of sp³-hybridized carbons (Fsp3) is 1.00. The highest BCUT2D eigenvalue weighted by atomic mass is 28.3. The fourth-order valence-corrected chi connectivity index (χ4v) is 32.2. The molecule has 0 heterocycles. The zero-order chi connectivity index (χ0) is 32.6. The molecule has 16 saturated carbocycles. The van der Waals surface area contributed by atoms with Crippen LogP contribution in [0.5, 0.6) is 0 Å². The van der Waals surface area contributed by atoms with Gasteiger partial charge in [0.2, 0.25) is 0 Å². The third-order valence-electron chi connectivity index (χ3n) is 25.2. The molecular formula is C48H70Si2. The summed E-state index contributed by atoms with van der Waals surface area (Å²) in [5.41, 5.74) is 0.804. The van der Waals surface area contributed by atoms with Crippen molar-refractivity contribution < 1.29 is 0 Å². The standard InChI is InChI=1S/C48H70Si2/c1-49(2,3)16-18-15-27-25-13-11-24-22-10-9-20-19-7-8-21-23-12-14-26-28(18)46-44-35(26)33(23)38-30(21)29(19)37-31(20)32(22)39-34(24)36(25)47(48(27,46)17-50(4,5)6)45-42(39)40(37)41(38)43(44)45/h18-47H,7-17H2,1-6H3. The Balaban J connectivity index is 1.03. The summed E-state index contributed by atoms with van der Waals surface area (Å²) in [5, 5.41) is 0. The van der Waals surface area contributed by atoms with E-state index in [0.29, 0.717) is 0 Å². The third kappa shape index (κ3) is 2.58. The van der Waals surface area contributed by atoms with Gasteiger partial charge in [-0.2, -0.15) is 0 Å². The van der Waals surface area contributed by atoms with E-state index in [-0.39, 0.29) is 0 Å². The molecule has 0 N–H and O–H groups in total. The molecular weight excluding hydrogens is 633 g/mol. The number of hydrogen-bond acceptors (Lipinski definition) is 0. The molecule has 270 valence electrons. The minimum Gasteiger partial charge on any atom is -0.0695 e.